The number of furan rings is 1. The summed E-state index contributed by atoms with van der Waals surface area (Å²) in [5.74, 6) is -1.05. The molecule has 112 valence electrons. The Morgan fingerprint density at radius 2 is 2.19 bits per heavy atom. The zero-order valence-corrected chi connectivity index (χ0v) is 12.0. The van der Waals surface area contributed by atoms with E-state index < -0.39 is 11.6 Å². The molecule has 0 spiro atoms. The molecule has 2 heterocycles. The standard InChI is InChI=1S/C16H19NO4/c1-16(20)7-4-8-17(10-16)9-12-11-5-2-3-6-13(11)21-14(12)15(18)19/h2-3,5-6,20H,4,7-10H2,1H3,(H,18,19). The molecule has 1 aliphatic heterocycles. The first-order chi connectivity index (χ1) is 9.96. The SMILES string of the molecule is CC1(O)CCCN(Cc2c(C(=O)O)oc3ccccc23)C1. The molecule has 21 heavy (non-hydrogen) atoms. The lowest BCUT2D eigenvalue weighted by atomic mass is 9.94. The average Bonchev–Trinajstić information content (AvgIpc) is 2.77. The number of aromatic carboxylic acids is 1. The Balaban J connectivity index is 1.95. The molecule has 2 aromatic rings. The van der Waals surface area contributed by atoms with Crippen LogP contribution in [0.4, 0.5) is 0 Å². The monoisotopic (exact) mass is 289 g/mol. The number of β-amino-alcohol motifs (C(OH)–C–C–N with tert-alkyl or cyclic N) is 1. The highest BCUT2D eigenvalue weighted by Crippen LogP contribution is 2.29. The number of carbonyl (C=O) groups is 1. The molecule has 0 aliphatic carbocycles. The number of rotatable bonds is 3. The van der Waals surface area contributed by atoms with Crippen molar-refractivity contribution in [3.05, 3.63) is 35.6 Å². The van der Waals surface area contributed by atoms with Crippen LogP contribution in [0.25, 0.3) is 11.0 Å². The molecule has 1 unspecified atom stereocenters. The molecule has 0 bridgehead atoms. The smallest absolute Gasteiger partial charge is 0.372 e. The number of piperidine rings is 1. The number of hydrogen-bond acceptors (Lipinski definition) is 4. The highest BCUT2D eigenvalue weighted by atomic mass is 16.4. The summed E-state index contributed by atoms with van der Waals surface area (Å²) < 4.78 is 5.47. The predicted molar refractivity (Wildman–Crippen MR) is 78.3 cm³/mol. The Morgan fingerprint density at radius 1 is 1.43 bits per heavy atom. The fraction of sp³-hybridized carbons (Fsp3) is 0.438. The van der Waals surface area contributed by atoms with E-state index in [9.17, 15) is 15.0 Å². The summed E-state index contributed by atoms with van der Waals surface area (Å²) in [5, 5.41) is 20.4. The first-order valence-electron chi connectivity index (χ1n) is 7.15. The van der Waals surface area contributed by atoms with Gasteiger partial charge in [0.05, 0.1) is 5.60 Å². The first-order valence-corrected chi connectivity index (χ1v) is 7.15. The number of likely N-dealkylation sites (tertiary alicyclic amines) is 1. The van der Waals surface area contributed by atoms with Gasteiger partial charge in [-0.05, 0) is 32.4 Å². The molecule has 0 amide bonds. The van der Waals surface area contributed by atoms with Crippen LogP contribution in [-0.4, -0.2) is 39.8 Å². The van der Waals surface area contributed by atoms with Gasteiger partial charge in [-0.2, -0.15) is 0 Å². The number of carboxylic acids is 1. The number of carboxylic acid groups (broad SMARTS) is 1. The largest absolute Gasteiger partial charge is 0.475 e. The number of para-hydroxylation sites is 1. The normalized spacial score (nSPS) is 23.5. The summed E-state index contributed by atoms with van der Waals surface area (Å²) in [6, 6.07) is 7.35. The summed E-state index contributed by atoms with van der Waals surface area (Å²) in [5.41, 5.74) is 0.575. The minimum absolute atomic E-state index is 0.00131. The van der Waals surface area contributed by atoms with Gasteiger partial charge in [0.25, 0.3) is 0 Å². The maximum Gasteiger partial charge on any atom is 0.372 e. The number of aliphatic hydroxyl groups is 1. The van der Waals surface area contributed by atoms with Gasteiger partial charge in [0, 0.05) is 24.0 Å². The average molecular weight is 289 g/mol. The fourth-order valence-electron chi connectivity index (χ4n) is 3.11. The Morgan fingerprint density at radius 3 is 2.90 bits per heavy atom. The summed E-state index contributed by atoms with van der Waals surface area (Å²) in [4.78, 5) is 13.5. The Hall–Kier alpha value is -1.85. The molecule has 5 heteroatoms. The molecule has 2 N–H and O–H groups in total. The van der Waals surface area contributed by atoms with Gasteiger partial charge in [0.15, 0.2) is 0 Å². The maximum absolute atomic E-state index is 11.4. The van der Waals surface area contributed by atoms with E-state index in [0.29, 0.717) is 24.2 Å². The highest BCUT2D eigenvalue weighted by Gasteiger charge is 2.30. The minimum Gasteiger partial charge on any atom is -0.475 e. The Labute approximate surface area is 122 Å². The van der Waals surface area contributed by atoms with E-state index in [4.69, 9.17) is 4.42 Å². The number of hydrogen-bond donors (Lipinski definition) is 2. The number of nitrogens with zero attached hydrogens (tertiary/aromatic N) is 1. The van der Waals surface area contributed by atoms with E-state index in [1.807, 2.05) is 25.1 Å². The zero-order chi connectivity index (χ0) is 15.0. The lowest BCUT2D eigenvalue weighted by molar-refractivity contribution is -0.0181. The molecule has 1 atom stereocenters. The maximum atomic E-state index is 11.4. The van der Waals surface area contributed by atoms with Crippen LogP contribution in [-0.2, 0) is 6.54 Å². The van der Waals surface area contributed by atoms with Crippen molar-refractivity contribution >= 4 is 16.9 Å². The lowest BCUT2D eigenvalue weighted by Crippen LogP contribution is -2.45. The van der Waals surface area contributed by atoms with E-state index in [2.05, 4.69) is 4.90 Å². The molecular formula is C16H19NO4. The third-order valence-corrected chi connectivity index (χ3v) is 4.03. The molecule has 3 rings (SSSR count). The van der Waals surface area contributed by atoms with Crippen LogP contribution >= 0.6 is 0 Å². The van der Waals surface area contributed by atoms with Gasteiger partial charge in [-0.15, -0.1) is 0 Å². The van der Waals surface area contributed by atoms with Crippen LogP contribution in [0.15, 0.2) is 28.7 Å². The topological polar surface area (TPSA) is 73.9 Å². The second-order valence-corrected chi connectivity index (χ2v) is 6.02. The zero-order valence-electron chi connectivity index (χ0n) is 12.0. The van der Waals surface area contributed by atoms with Crippen molar-refractivity contribution < 1.29 is 19.4 Å². The molecule has 1 aromatic carbocycles. The second-order valence-electron chi connectivity index (χ2n) is 6.02. The quantitative estimate of drug-likeness (QED) is 0.908. The Kier molecular flexibility index (Phi) is 3.47. The van der Waals surface area contributed by atoms with Crippen molar-refractivity contribution in [2.45, 2.75) is 31.9 Å². The third kappa shape index (κ3) is 2.80. The van der Waals surface area contributed by atoms with E-state index in [1.165, 1.54) is 0 Å². The van der Waals surface area contributed by atoms with Gasteiger partial charge in [-0.3, -0.25) is 4.90 Å². The van der Waals surface area contributed by atoms with Gasteiger partial charge in [0.1, 0.15) is 5.58 Å². The molecule has 1 fully saturated rings. The molecule has 5 nitrogen and oxygen atoms in total. The van der Waals surface area contributed by atoms with E-state index in [0.717, 1.165) is 24.8 Å². The number of benzene rings is 1. The van der Waals surface area contributed by atoms with E-state index in [-0.39, 0.29) is 5.76 Å². The molecule has 0 radical (unpaired) electrons. The van der Waals surface area contributed by atoms with E-state index >= 15 is 0 Å². The molecule has 1 aromatic heterocycles. The van der Waals surface area contributed by atoms with Gasteiger partial charge in [-0.1, -0.05) is 18.2 Å². The number of fused-ring (bicyclic) bond motifs is 1. The first kappa shape index (κ1) is 14.1. The van der Waals surface area contributed by atoms with E-state index in [1.54, 1.807) is 6.07 Å². The summed E-state index contributed by atoms with van der Waals surface area (Å²) in [6.45, 7) is 3.71. The van der Waals surface area contributed by atoms with Crippen LogP contribution in [0.1, 0.15) is 35.9 Å². The highest BCUT2D eigenvalue weighted by molar-refractivity contribution is 5.95. The Bertz CT molecular complexity index is 674. The van der Waals surface area contributed by atoms with Crippen LogP contribution < -0.4 is 0 Å². The second kappa shape index (κ2) is 5.16. The van der Waals surface area contributed by atoms with Crippen LogP contribution in [0.3, 0.4) is 0 Å². The van der Waals surface area contributed by atoms with Crippen molar-refractivity contribution in [3.8, 4) is 0 Å². The van der Waals surface area contributed by atoms with Crippen molar-refractivity contribution in [2.24, 2.45) is 0 Å². The van der Waals surface area contributed by atoms with Crippen molar-refractivity contribution in [1.82, 2.24) is 4.90 Å². The van der Waals surface area contributed by atoms with Crippen molar-refractivity contribution in [1.29, 1.82) is 0 Å². The van der Waals surface area contributed by atoms with Crippen molar-refractivity contribution in [3.63, 3.8) is 0 Å². The van der Waals surface area contributed by atoms with Gasteiger partial charge < -0.3 is 14.6 Å². The van der Waals surface area contributed by atoms with Crippen molar-refractivity contribution in [2.75, 3.05) is 13.1 Å². The van der Waals surface area contributed by atoms with Crippen LogP contribution in [0.2, 0.25) is 0 Å². The van der Waals surface area contributed by atoms with Gasteiger partial charge >= 0.3 is 5.97 Å². The third-order valence-electron chi connectivity index (χ3n) is 4.03. The predicted octanol–water partition coefficient (Wildman–Crippen LogP) is 2.48. The minimum atomic E-state index is -1.05. The fourth-order valence-corrected chi connectivity index (χ4v) is 3.11. The molecule has 0 saturated carbocycles. The summed E-state index contributed by atoms with van der Waals surface area (Å²) in [7, 11) is 0. The molecule has 1 saturated heterocycles. The van der Waals surface area contributed by atoms with Crippen LogP contribution in [0, 0.1) is 0 Å². The van der Waals surface area contributed by atoms with Crippen LogP contribution in [0.5, 0.6) is 0 Å². The summed E-state index contributed by atoms with van der Waals surface area (Å²) in [6.07, 6.45) is 1.69. The van der Waals surface area contributed by atoms with Gasteiger partial charge in [0.2, 0.25) is 5.76 Å². The molecule has 1 aliphatic rings. The lowest BCUT2D eigenvalue weighted by Gasteiger charge is -2.36. The summed E-state index contributed by atoms with van der Waals surface area (Å²) >= 11 is 0. The van der Waals surface area contributed by atoms with Gasteiger partial charge in [-0.25, -0.2) is 4.79 Å². The molecular weight excluding hydrogens is 270 g/mol.